The molecule has 1 fully saturated rings. The van der Waals surface area contributed by atoms with Crippen LogP contribution in [0.5, 0.6) is 0 Å². The Morgan fingerprint density at radius 3 is 2.58 bits per heavy atom. The molecule has 6 heteroatoms. The molecule has 3 rings (SSSR count). The van der Waals surface area contributed by atoms with Crippen molar-refractivity contribution in [1.29, 1.82) is 0 Å². The van der Waals surface area contributed by atoms with Crippen molar-refractivity contribution in [2.45, 2.75) is 59.0 Å². The third-order valence-corrected chi connectivity index (χ3v) is 6.25. The quantitative estimate of drug-likeness (QED) is 0.437. The van der Waals surface area contributed by atoms with Crippen molar-refractivity contribution in [3.8, 4) is 0 Å². The summed E-state index contributed by atoms with van der Waals surface area (Å²) in [6.07, 6.45) is 4.65. The van der Waals surface area contributed by atoms with E-state index in [-0.39, 0.29) is 11.6 Å². The molecule has 2 aromatic rings. The minimum atomic E-state index is -0.422. The molecule has 0 aromatic heterocycles. The van der Waals surface area contributed by atoms with Crippen LogP contribution in [0.15, 0.2) is 42.5 Å². The summed E-state index contributed by atoms with van der Waals surface area (Å²) in [5.41, 5.74) is 3.16. The Morgan fingerprint density at radius 2 is 1.90 bits per heavy atom. The second-order valence-electron chi connectivity index (χ2n) is 8.71. The van der Waals surface area contributed by atoms with E-state index in [1.54, 1.807) is 19.1 Å². The molecule has 1 saturated heterocycles. The van der Waals surface area contributed by atoms with Gasteiger partial charge in [-0.3, -0.25) is 14.9 Å². The average Bonchev–Trinajstić information content (AvgIpc) is 2.75. The van der Waals surface area contributed by atoms with Crippen LogP contribution in [0, 0.1) is 24.0 Å². The molecule has 1 aliphatic heterocycles. The van der Waals surface area contributed by atoms with Crippen LogP contribution in [0.1, 0.15) is 59.7 Å². The number of aryl methyl sites for hydroxylation is 2. The van der Waals surface area contributed by atoms with Crippen LogP contribution in [0.25, 0.3) is 0 Å². The van der Waals surface area contributed by atoms with Gasteiger partial charge in [0, 0.05) is 42.9 Å². The van der Waals surface area contributed by atoms with E-state index in [2.05, 4.69) is 11.8 Å². The standard InChI is InChI=1S/C25H33N3O3/c1-19-8-11-22(12-9-19)18-27(16-6-15-26-14-5-4-7-21(26)3)25(29)23-13-10-20(2)24(17-23)28(30)31/h8-13,17,21H,4-7,14-16,18H2,1-3H3. The topological polar surface area (TPSA) is 66.7 Å². The van der Waals surface area contributed by atoms with Gasteiger partial charge in [0.25, 0.3) is 11.6 Å². The van der Waals surface area contributed by atoms with Crippen molar-refractivity contribution < 1.29 is 9.72 Å². The molecule has 0 bridgehead atoms. The highest BCUT2D eigenvalue weighted by molar-refractivity contribution is 5.95. The highest BCUT2D eigenvalue weighted by Gasteiger charge is 2.22. The number of hydrogen-bond acceptors (Lipinski definition) is 4. The maximum Gasteiger partial charge on any atom is 0.273 e. The van der Waals surface area contributed by atoms with Crippen molar-refractivity contribution in [2.24, 2.45) is 0 Å². The first-order valence-corrected chi connectivity index (χ1v) is 11.2. The van der Waals surface area contributed by atoms with Crippen LogP contribution in [0.3, 0.4) is 0 Å². The van der Waals surface area contributed by atoms with Crippen LogP contribution < -0.4 is 0 Å². The van der Waals surface area contributed by atoms with Gasteiger partial charge in [0.2, 0.25) is 0 Å². The third kappa shape index (κ3) is 6.14. The van der Waals surface area contributed by atoms with Crippen LogP contribution in [-0.2, 0) is 6.54 Å². The third-order valence-electron chi connectivity index (χ3n) is 6.25. The van der Waals surface area contributed by atoms with Crippen molar-refractivity contribution in [2.75, 3.05) is 19.6 Å². The number of piperidine rings is 1. The van der Waals surface area contributed by atoms with Gasteiger partial charge in [-0.05, 0) is 58.2 Å². The van der Waals surface area contributed by atoms with Gasteiger partial charge in [-0.1, -0.05) is 42.3 Å². The number of likely N-dealkylation sites (tertiary alicyclic amines) is 1. The molecule has 6 nitrogen and oxygen atoms in total. The molecule has 2 aromatic carbocycles. The van der Waals surface area contributed by atoms with Crippen molar-refractivity contribution >= 4 is 11.6 Å². The van der Waals surface area contributed by atoms with E-state index in [1.807, 2.05) is 36.1 Å². The number of nitrogens with zero attached hydrogens (tertiary/aromatic N) is 3. The van der Waals surface area contributed by atoms with Gasteiger partial charge < -0.3 is 9.80 Å². The maximum absolute atomic E-state index is 13.3. The van der Waals surface area contributed by atoms with Crippen LogP contribution >= 0.6 is 0 Å². The largest absolute Gasteiger partial charge is 0.334 e. The van der Waals surface area contributed by atoms with Crippen molar-refractivity contribution in [3.05, 3.63) is 74.8 Å². The molecule has 1 heterocycles. The van der Waals surface area contributed by atoms with Crippen LogP contribution in [0.2, 0.25) is 0 Å². The molecule has 31 heavy (non-hydrogen) atoms. The molecular weight excluding hydrogens is 390 g/mol. The minimum Gasteiger partial charge on any atom is -0.334 e. The number of rotatable bonds is 8. The van der Waals surface area contributed by atoms with E-state index in [4.69, 9.17) is 0 Å². The lowest BCUT2D eigenvalue weighted by molar-refractivity contribution is -0.385. The van der Waals surface area contributed by atoms with Crippen LogP contribution in [-0.4, -0.2) is 46.3 Å². The number of hydrogen-bond donors (Lipinski definition) is 0. The Bertz CT molecular complexity index is 911. The molecule has 0 saturated carbocycles. The zero-order valence-electron chi connectivity index (χ0n) is 18.8. The number of nitro benzene ring substituents is 1. The molecular formula is C25H33N3O3. The summed E-state index contributed by atoms with van der Waals surface area (Å²) in [5.74, 6) is -0.157. The first-order chi connectivity index (χ1) is 14.8. The summed E-state index contributed by atoms with van der Waals surface area (Å²) in [6.45, 7) is 9.21. The van der Waals surface area contributed by atoms with E-state index in [0.29, 0.717) is 30.3 Å². The van der Waals surface area contributed by atoms with Crippen molar-refractivity contribution in [3.63, 3.8) is 0 Å². The Morgan fingerprint density at radius 1 is 1.16 bits per heavy atom. The molecule has 1 atom stereocenters. The molecule has 0 aliphatic carbocycles. The van der Waals surface area contributed by atoms with E-state index in [0.717, 1.165) is 25.1 Å². The highest BCUT2D eigenvalue weighted by Crippen LogP contribution is 2.22. The van der Waals surface area contributed by atoms with E-state index >= 15 is 0 Å². The molecule has 0 spiro atoms. The summed E-state index contributed by atoms with van der Waals surface area (Å²) < 4.78 is 0. The molecule has 1 unspecified atom stereocenters. The second kappa shape index (κ2) is 10.5. The highest BCUT2D eigenvalue weighted by atomic mass is 16.6. The lowest BCUT2D eigenvalue weighted by Gasteiger charge is -2.34. The minimum absolute atomic E-state index is 0.0109. The van der Waals surface area contributed by atoms with Gasteiger partial charge in [-0.15, -0.1) is 0 Å². The Hall–Kier alpha value is -2.73. The number of nitro groups is 1. The predicted molar refractivity (Wildman–Crippen MR) is 123 cm³/mol. The average molecular weight is 424 g/mol. The fourth-order valence-electron chi connectivity index (χ4n) is 4.24. The Labute approximate surface area is 185 Å². The molecule has 1 aliphatic rings. The molecule has 0 N–H and O–H groups in total. The Balaban J connectivity index is 1.75. The van der Waals surface area contributed by atoms with E-state index in [1.165, 1.54) is 30.9 Å². The number of benzene rings is 2. The van der Waals surface area contributed by atoms with Crippen molar-refractivity contribution in [1.82, 2.24) is 9.80 Å². The monoisotopic (exact) mass is 423 g/mol. The number of carbonyl (C=O) groups excluding carboxylic acids is 1. The van der Waals surface area contributed by atoms with Gasteiger partial charge in [0.15, 0.2) is 0 Å². The van der Waals surface area contributed by atoms with Crippen LogP contribution in [0.4, 0.5) is 5.69 Å². The summed E-state index contributed by atoms with van der Waals surface area (Å²) in [4.78, 5) is 28.6. The molecule has 0 radical (unpaired) electrons. The molecule has 166 valence electrons. The lowest BCUT2D eigenvalue weighted by Crippen LogP contribution is -2.40. The summed E-state index contributed by atoms with van der Waals surface area (Å²) in [7, 11) is 0. The van der Waals surface area contributed by atoms with Gasteiger partial charge in [0.1, 0.15) is 0 Å². The van der Waals surface area contributed by atoms with Gasteiger partial charge in [-0.25, -0.2) is 0 Å². The second-order valence-corrected chi connectivity index (χ2v) is 8.71. The maximum atomic E-state index is 13.3. The smallest absolute Gasteiger partial charge is 0.273 e. The first-order valence-electron chi connectivity index (χ1n) is 11.2. The fourth-order valence-corrected chi connectivity index (χ4v) is 4.24. The predicted octanol–water partition coefficient (Wildman–Crippen LogP) is 5.12. The summed E-state index contributed by atoms with van der Waals surface area (Å²) in [6, 6.07) is 13.5. The lowest BCUT2D eigenvalue weighted by atomic mass is 10.0. The van der Waals surface area contributed by atoms with Gasteiger partial charge in [-0.2, -0.15) is 0 Å². The fraction of sp³-hybridized carbons (Fsp3) is 0.480. The van der Waals surface area contributed by atoms with Gasteiger partial charge in [0.05, 0.1) is 4.92 Å². The zero-order valence-corrected chi connectivity index (χ0v) is 18.8. The summed E-state index contributed by atoms with van der Waals surface area (Å²) >= 11 is 0. The van der Waals surface area contributed by atoms with Gasteiger partial charge >= 0.3 is 0 Å². The SMILES string of the molecule is Cc1ccc(CN(CCCN2CCCCC2C)C(=O)c2ccc(C)c([N+](=O)[O-])c2)cc1. The number of carbonyl (C=O) groups is 1. The first kappa shape index (κ1) is 22.9. The normalized spacial score (nSPS) is 16.8. The zero-order chi connectivity index (χ0) is 22.4. The number of amides is 1. The molecule has 1 amide bonds. The van der Waals surface area contributed by atoms with E-state index in [9.17, 15) is 14.9 Å². The Kier molecular flexibility index (Phi) is 7.80. The summed E-state index contributed by atoms with van der Waals surface area (Å²) in [5, 5.41) is 11.3. The van der Waals surface area contributed by atoms with E-state index < -0.39 is 4.92 Å².